The third-order valence-electron chi connectivity index (χ3n) is 5.62. The average Bonchev–Trinajstić information content (AvgIpc) is 3.51. The van der Waals surface area contributed by atoms with Crippen LogP contribution in [0, 0.1) is 13.8 Å². The Morgan fingerprint density at radius 3 is 2.42 bits per heavy atom. The topological polar surface area (TPSA) is 95.3 Å². The molecule has 8 nitrogen and oxygen atoms in total. The number of nitrogens with one attached hydrogen (secondary N) is 1. The van der Waals surface area contributed by atoms with Crippen LogP contribution in [0.2, 0.25) is 0 Å². The van der Waals surface area contributed by atoms with E-state index in [0.29, 0.717) is 33.7 Å². The number of rotatable bonds is 11. The van der Waals surface area contributed by atoms with Crippen LogP contribution in [-0.4, -0.2) is 39.5 Å². The van der Waals surface area contributed by atoms with Crippen molar-refractivity contribution in [1.29, 1.82) is 0 Å². The summed E-state index contributed by atoms with van der Waals surface area (Å²) in [5, 5.41) is 14.2. The van der Waals surface area contributed by atoms with Crippen LogP contribution in [0.1, 0.15) is 27.3 Å². The van der Waals surface area contributed by atoms with Crippen LogP contribution in [0.4, 0.5) is 5.00 Å². The van der Waals surface area contributed by atoms with Gasteiger partial charge in [-0.05, 0) is 31.5 Å². The molecule has 0 bridgehead atoms. The number of ether oxygens (including phenoxy) is 2. The number of allylic oxidation sites excluding steroid dienone is 1. The Morgan fingerprint density at radius 1 is 1.08 bits per heavy atom. The van der Waals surface area contributed by atoms with Gasteiger partial charge in [0.15, 0.2) is 11.0 Å². The van der Waals surface area contributed by atoms with Crippen molar-refractivity contribution >= 4 is 40.0 Å². The summed E-state index contributed by atoms with van der Waals surface area (Å²) in [4.78, 5) is 25.5. The number of hydrogen-bond donors (Lipinski definition) is 1. The molecule has 2 heterocycles. The Hall–Kier alpha value is -3.89. The van der Waals surface area contributed by atoms with E-state index >= 15 is 0 Å². The molecule has 0 fully saturated rings. The second-order valence-corrected chi connectivity index (χ2v) is 10.3. The van der Waals surface area contributed by atoms with Gasteiger partial charge in [0.2, 0.25) is 5.91 Å². The summed E-state index contributed by atoms with van der Waals surface area (Å²) in [5.74, 6) is 0.658. The highest BCUT2D eigenvalue weighted by molar-refractivity contribution is 7.99. The maximum Gasteiger partial charge on any atom is 0.341 e. The molecule has 4 rings (SSSR count). The van der Waals surface area contributed by atoms with Crippen molar-refractivity contribution in [3.05, 3.63) is 89.1 Å². The summed E-state index contributed by atoms with van der Waals surface area (Å²) in [6, 6.07) is 15.6. The lowest BCUT2D eigenvalue weighted by Gasteiger charge is -2.10. The van der Waals surface area contributed by atoms with Crippen LogP contribution >= 0.6 is 23.1 Å². The maximum absolute atomic E-state index is 12.9. The van der Waals surface area contributed by atoms with E-state index in [2.05, 4.69) is 22.1 Å². The molecule has 196 valence electrons. The van der Waals surface area contributed by atoms with E-state index in [-0.39, 0.29) is 18.3 Å². The molecule has 1 N–H and O–H groups in total. The standard InChI is InChI=1S/C28H28N4O4S2/c1-5-14-32-23(15-36-21-12-8-19(3)9-13-21)30-31-28(32)38-17-24(33)29-26-25(27(34)35-4)22(16-37-26)20-10-6-18(2)7-11-20/h5-13,16H,1,14-15,17H2,2-4H3,(H,29,33). The zero-order valence-electron chi connectivity index (χ0n) is 21.4. The van der Waals surface area contributed by atoms with Gasteiger partial charge in [0.25, 0.3) is 0 Å². The molecule has 38 heavy (non-hydrogen) atoms. The molecule has 10 heteroatoms. The summed E-state index contributed by atoms with van der Waals surface area (Å²) < 4.78 is 12.7. The molecule has 0 aliphatic rings. The fourth-order valence-electron chi connectivity index (χ4n) is 3.62. The third kappa shape index (κ3) is 6.51. The number of carbonyl (C=O) groups excluding carboxylic acids is 2. The van der Waals surface area contributed by atoms with E-state index in [1.54, 1.807) is 6.08 Å². The van der Waals surface area contributed by atoms with E-state index in [1.807, 2.05) is 72.3 Å². The maximum atomic E-state index is 12.9. The summed E-state index contributed by atoms with van der Waals surface area (Å²) in [5.41, 5.74) is 4.19. The van der Waals surface area contributed by atoms with Gasteiger partial charge in [-0.1, -0.05) is 65.4 Å². The smallest absolute Gasteiger partial charge is 0.341 e. The Bertz CT molecular complexity index is 1430. The normalized spacial score (nSPS) is 10.7. The second-order valence-electron chi connectivity index (χ2n) is 8.45. The van der Waals surface area contributed by atoms with Gasteiger partial charge in [0.1, 0.15) is 22.9 Å². The number of carbonyl (C=O) groups is 2. The zero-order valence-corrected chi connectivity index (χ0v) is 23.0. The van der Waals surface area contributed by atoms with Gasteiger partial charge < -0.3 is 14.8 Å². The van der Waals surface area contributed by atoms with Crippen molar-refractivity contribution in [2.75, 3.05) is 18.2 Å². The van der Waals surface area contributed by atoms with E-state index in [4.69, 9.17) is 9.47 Å². The predicted octanol–water partition coefficient (Wildman–Crippen LogP) is 5.91. The minimum absolute atomic E-state index is 0.0759. The Labute approximate surface area is 229 Å². The number of anilines is 1. The van der Waals surface area contributed by atoms with E-state index in [0.717, 1.165) is 22.4 Å². The zero-order chi connectivity index (χ0) is 27.1. The highest BCUT2D eigenvalue weighted by Crippen LogP contribution is 2.36. The molecule has 0 radical (unpaired) electrons. The van der Waals surface area contributed by atoms with Gasteiger partial charge in [0.05, 0.1) is 12.9 Å². The molecule has 0 saturated heterocycles. The first-order valence-corrected chi connectivity index (χ1v) is 13.7. The van der Waals surface area contributed by atoms with Crippen molar-refractivity contribution < 1.29 is 19.1 Å². The lowest BCUT2D eigenvalue weighted by Crippen LogP contribution is -2.16. The highest BCUT2D eigenvalue weighted by atomic mass is 32.2. The van der Waals surface area contributed by atoms with Crippen LogP contribution in [-0.2, 0) is 22.7 Å². The largest absolute Gasteiger partial charge is 0.486 e. The molecule has 0 atom stereocenters. The molecule has 0 spiro atoms. The summed E-state index contributed by atoms with van der Waals surface area (Å²) in [7, 11) is 1.33. The van der Waals surface area contributed by atoms with Gasteiger partial charge in [-0.15, -0.1) is 28.1 Å². The molecule has 0 saturated carbocycles. The molecular formula is C28H28N4O4S2. The van der Waals surface area contributed by atoms with Crippen LogP contribution in [0.5, 0.6) is 5.75 Å². The number of hydrogen-bond acceptors (Lipinski definition) is 8. The third-order valence-corrected chi connectivity index (χ3v) is 7.48. The second kappa shape index (κ2) is 12.6. The predicted molar refractivity (Wildman–Crippen MR) is 151 cm³/mol. The Morgan fingerprint density at radius 2 is 1.76 bits per heavy atom. The lowest BCUT2D eigenvalue weighted by molar-refractivity contribution is -0.113. The molecule has 1 amide bonds. The Balaban J connectivity index is 1.44. The summed E-state index contributed by atoms with van der Waals surface area (Å²) >= 11 is 2.53. The summed E-state index contributed by atoms with van der Waals surface area (Å²) in [6.07, 6.45) is 1.74. The first-order valence-electron chi connectivity index (χ1n) is 11.8. The molecule has 2 aromatic heterocycles. The molecular weight excluding hydrogens is 520 g/mol. The quantitative estimate of drug-likeness (QED) is 0.142. The summed E-state index contributed by atoms with van der Waals surface area (Å²) in [6.45, 7) is 8.53. The molecule has 4 aromatic rings. The van der Waals surface area contributed by atoms with E-state index in [9.17, 15) is 9.59 Å². The fourth-order valence-corrected chi connectivity index (χ4v) is 5.36. The van der Waals surface area contributed by atoms with Gasteiger partial charge in [-0.3, -0.25) is 9.36 Å². The molecule has 0 unspecified atom stereocenters. The minimum atomic E-state index is -0.506. The van der Waals surface area contributed by atoms with E-state index in [1.165, 1.54) is 30.2 Å². The van der Waals surface area contributed by atoms with E-state index < -0.39 is 5.97 Å². The fraction of sp³-hybridized carbons (Fsp3) is 0.214. The molecule has 2 aromatic carbocycles. The van der Waals surface area contributed by atoms with Gasteiger partial charge in [-0.2, -0.15) is 0 Å². The van der Waals surface area contributed by atoms with Crippen LogP contribution < -0.4 is 10.1 Å². The van der Waals surface area contributed by atoms with Crippen molar-refractivity contribution in [3.63, 3.8) is 0 Å². The average molecular weight is 549 g/mol. The van der Waals surface area contributed by atoms with Crippen molar-refractivity contribution in [3.8, 4) is 16.9 Å². The van der Waals surface area contributed by atoms with Gasteiger partial charge in [-0.25, -0.2) is 4.79 Å². The molecule has 0 aliphatic carbocycles. The van der Waals surface area contributed by atoms with Gasteiger partial charge in [0, 0.05) is 17.5 Å². The number of amides is 1. The minimum Gasteiger partial charge on any atom is -0.486 e. The Kier molecular flexibility index (Phi) is 8.98. The van der Waals surface area contributed by atoms with Crippen molar-refractivity contribution in [1.82, 2.24) is 14.8 Å². The highest BCUT2D eigenvalue weighted by Gasteiger charge is 2.23. The van der Waals surface area contributed by atoms with Crippen LogP contribution in [0.15, 0.2) is 71.7 Å². The lowest BCUT2D eigenvalue weighted by atomic mass is 10.0. The number of esters is 1. The number of methoxy groups -OCH3 is 1. The molecule has 0 aliphatic heterocycles. The monoisotopic (exact) mass is 548 g/mol. The SMILES string of the molecule is C=CCn1c(COc2ccc(C)cc2)nnc1SCC(=O)Nc1scc(-c2ccc(C)cc2)c1C(=O)OC. The first-order chi connectivity index (χ1) is 18.4. The number of thioether (sulfide) groups is 1. The number of thiophene rings is 1. The van der Waals surface area contributed by atoms with Crippen LogP contribution in [0.25, 0.3) is 11.1 Å². The van der Waals surface area contributed by atoms with Gasteiger partial charge >= 0.3 is 5.97 Å². The van der Waals surface area contributed by atoms with Crippen molar-refractivity contribution in [2.45, 2.75) is 32.2 Å². The number of aromatic nitrogens is 3. The first kappa shape index (κ1) is 27.2. The number of nitrogens with zero attached hydrogens (tertiary/aromatic N) is 3. The van der Waals surface area contributed by atoms with Crippen molar-refractivity contribution in [2.24, 2.45) is 0 Å². The number of benzene rings is 2. The van der Waals surface area contributed by atoms with Crippen LogP contribution in [0.3, 0.4) is 0 Å². The number of aryl methyl sites for hydroxylation is 2.